The van der Waals surface area contributed by atoms with Crippen molar-refractivity contribution in [3.05, 3.63) is 0 Å². The van der Waals surface area contributed by atoms with Crippen LogP contribution in [0, 0.1) is 5.92 Å². The van der Waals surface area contributed by atoms with Crippen molar-refractivity contribution in [3.63, 3.8) is 0 Å². The average molecular weight is 497 g/mol. The Bertz CT molecular complexity index is 722. The number of hydrogen-bond donors (Lipinski definition) is 9. The minimum Gasteiger partial charge on any atom is -0.376 e. The van der Waals surface area contributed by atoms with E-state index in [4.69, 9.17) is 4.74 Å². The van der Waals surface area contributed by atoms with E-state index < -0.39 is 12.1 Å². The van der Waals surface area contributed by atoms with Gasteiger partial charge in [0.1, 0.15) is 6.17 Å². The predicted molar refractivity (Wildman–Crippen MR) is 129 cm³/mol. The molecule has 4 heterocycles. The van der Waals surface area contributed by atoms with Gasteiger partial charge in [-0.2, -0.15) is 0 Å². The van der Waals surface area contributed by atoms with Crippen LogP contribution in [0.25, 0.3) is 0 Å². The van der Waals surface area contributed by atoms with E-state index in [-0.39, 0.29) is 48.3 Å². The molecule has 8 atom stereocenters. The van der Waals surface area contributed by atoms with Crippen molar-refractivity contribution < 1.29 is 19.7 Å². The van der Waals surface area contributed by atoms with Gasteiger partial charge in [0.05, 0.1) is 18.3 Å². The Labute approximate surface area is 207 Å². The smallest absolute Gasteiger partial charge is 0.254 e. The largest absolute Gasteiger partial charge is 0.376 e. The summed E-state index contributed by atoms with van der Waals surface area (Å²) in [6.07, 6.45) is 6.40. The van der Waals surface area contributed by atoms with E-state index in [2.05, 4.69) is 37.4 Å². The molecule has 9 N–H and O–H groups in total. The van der Waals surface area contributed by atoms with Crippen molar-refractivity contribution >= 4 is 5.91 Å². The van der Waals surface area contributed by atoms with E-state index in [1.165, 1.54) is 0 Å². The maximum Gasteiger partial charge on any atom is 0.254 e. The van der Waals surface area contributed by atoms with Crippen LogP contribution in [0.5, 0.6) is 0 Å². The summed E-state index contributed by atoms with van der Waals surface area (Å²) in [5, 5.41) is 38.6. The first-order valence-electron chi connectivity index (χ1n) is 13.5. The van der Waals surface area contributed by atoms with Crippen LogP contribution in [0.15, 0.2) is 0 Å². The maximum atomic E-state index is 13.2. The summed E-state index contributed by atoms with van der Waals surface area (Å²) in [6, 6.07) is 0.310. The highest BCUT2D eigenvalue weighted by Crippen LogP contribution is 2.28. The van der Waals surface area contributed by atoms with Gasteiger partial charge in [-0.3, -0.25) is 20.3 Å². The first kappa shape index (κ1) is 25.7. The van der Waals surface area contributed by atoms with Gasteiger partial charge in [0.25, 0.3) is 5.91 Å². The van der Waals surface area contributed by atoms with Gasteiger partial charge in [-0.1, -0.05) is 6.42 Å². The number of fused-ring (bicyclic) bond motifs is 1. The third-order valence-corrected chi connectivity index (χ3v) is 8.53. The standard InChI is InChI=1S/C23H44N8O4/c1-31-20(17-7-10-24-13-26-17)29-30-22(31)23(33,34)28-15-5-2-4-14(12-15)21(32)27-16-8-11-35-18-6-3-9-25-19(16)18/h14-20,22,24-26,28-30,33-34H,2-13H2,1H3,(H,27,32)/t14?,15?,16-,17?,18?,19?,20?,22?/m1/s1. The molecule has 12 nitrogen and oxygen atoms in total. The third-order valence-electron chi connectivity index (χ3n) is 8.53. The van der Waals surface area contributed by atoms with Crippen LogP contribution < -0.4 is 37.4 Å². The number of hydrazine groups is 1. The van der Waals surface area contributed by atoms with E-state index in [1.807, 2.05) is 11.9 Å². The summed E-state index contributed by atoms with van der Waals surface area (Å²) in [5.74, 6) is -2.21. The second kappa shape index (κ2) is 11.2. The van der Waals surface area contributed by atoms with E-state index in [0.717, 1.165) is 64.7 Å². The number of ether oxygens (including phenoxy) is 1. The molecule has 200 valence electrons. The number of nitrogens with zero attached hydrogens (tertiary/aromatic N) is 1. The van der Waals surface area contributed by atoms with E-state index in [9.17, 15) is 15.0 Å². The zero-order chi connectivity index (χ0) is 24.4. The number of hydrogen-bond acceptors (Lipinski definition) is 11. The molecular formula is C23H44N8O4. The monoisotopic (exact) mass is 496 g/mol. The number of aliphatic hydroxyl groups is 2. The van der Waals surface area contributed by atoms with Gasteiger partial charge in [-0.25, -0.2) is 10.9 Å². The van der Waals surface area contributed by atoms with Crippen molar-refractivity contribution in [1.82, 2.24) is 42.3 Å². The fraction of sp³-hybridized carbons (Fsp3) is 0.957. The zero-order valence-corrected chi connectivity index (χ0v) is 20.8. The minimum absolute atomic E-state index is 0.0656. The SMILES string of the molecule is CN1C(C2CCNCN2)NNC1C(O)(O)NC1CCCC(C(=O)N[C@@H]2CCOC3CCCNC32)C1. The van der Waals surface area contributed by atoms with Crippen LogP contribution in [-0.2, 0) is 9.53 Å². The lowest BCUT2D eigenvalue weighted by Gasteiger charge is -2.43. The zero-order valence-electron chi connectivity index (χ0n) is 20.8. The molecule has 5 aliphatic rings. The first-order valence-corrected chi connectivity index (χ1v) is 13.5. The van der Waals surface area contributed by atoms with Crippen LogP contribution in [0.4, 0.5) is 0 Å². The van der Waals surface area contributed by atoms with Gasteiger partial charge in [0, 0.05) is 37.3 Å². The Morgan fingerprint density at radius 3 is 2.77 bits per heavy atom. The highest BCUT2D eigenvalue weighted by atomic mass is 16.5. The Balaban J connectivity index is 1.14. The Morgan fingerprint density at radius 1 is 1.06 bits per heavy atom. The van der Waals surface area contributed by atoms with Crippen LogP contribution >= 0.6 is 0 Å². The molecule has 35 heavy (non-hydrogen) atoms. The fourth-order valence-electron chi connectivity index (χ4n) is 6.62. The van der Waals surface area contributed by atoms with Gasteiger partial charge in [-0.15, -0.1) is 0 Å². The predicted octanol–water partition coefficient (Wildman–Crippen LogP) is -2.60. The number of amides is 1. The summed E-state index contributed by atoms with van der Waals surface area (Å²) in [5.41, 5.74) is 6.26. The molecule has 0 radical (unpaired) electrons. The number of rotatable bonds is 6. The summed E-state index contributed by atoms with van der Waals surface area (Å²) in [6.45, 7) is 3.31. The van der Waals surface area contributed by atoms with Crippen LogP contribution in [0.2, 0.25) is 0 Å². The summed E-state index contributed by atoms with van der Waals surface area (Å²) in [7, 11) is 1.88. The molecule has 0 aromatic rings. The molecule has 1 saturated carbocycles. The second-order valence-corrected chi connectivity index (χ2v) is 10.9. The fourth-order valence-corrected chi connectivity index (χ4v) is 6.62. The number of carbonyl (C=O) groups is 1. The van der Waals surface area contributed by atoms with Gasteiger partial charge in [-0.05, 0) is 65.1 Å². The Morgan fingerprint density at radius 2 is 1.94 bits per heavy atom. The lowest BCUT2D eigenvalue weighted by Crippen LogP contribution is -2.66. The highest BCUT2D eigenvalue weighted by Gasteiger charge is 2.48. The highest BCUT2D eigenvalue weighted by molar-refractivity contribution is 5.79. The molecule has 12 heteroatoms. The van der Waals surface area contributed by atoms with E-state index >= 15 is 0 Å². The average Bonchev–Trinajstić information content (AvgIpc) is 3.27. The molecule has 0 bridgehead atoms. The molecule has 0 aromatic heterocycles. The molecule has 5 rings (SSSR count). The molecule has 4 saturated heterocycles. The van der Waals surface area contributed by atoms with Gasteiger partial charge in [0.2, 0.25) is 5.91 Å². The van der Waals surface area contributed by atoms with Crippen LogP contribution in [0.1, 0.15) is 51.4 Å². The molecule has 4 aliphatic heterocycles. The van der Waals surface area contributed by atoms with Crippen molar-refractivity contribution in [2.45, 2.75) is 99.9 Å². The number of carbonyl (C=O) groups excluding carboxylic acids is 1. The van der Waals surface area contributed by atoms with Crippen LogP contribution in [0.3, 0.4) is 0 Å². The molecule has 0 spiro atoms. The summed E-state index contributed by atoms with van der Waals surface area (Å²) >= 11 is 0. The quantitative estimate of drug-likeness (QED) is 0.178. The lowest BCUT2D eigenvalue weighted by molar-refractivity contribution is -0.234. The minimum atomic E-state index is -2.15. The Kier molecular flexibility index (Phi) is 8.24. The van der Waals surface area contributed by atoms with E-state index in [0.29, 0.717) is 13.0 Å². The van der Waals surface area contributed by atoms with Crippen molar-refractivity contribution in [2.24, 2.45) is 5.92 Å². The lowest BCUT2D eigenvalue weighted by atomic mass is 9.84. The number of nitrogens with one attached hydrogen (secondary N) is 7. The summed E-state index contributed by atoms with van der Waals surface area (Å²) in [4.78, 5) is 15.1. The van der Waals surface area contributed by atoms with Crippen molar-refractivity contribution in [2.75, 3.05) is 33.4 Å². The summed E-state index contributed by atoms with van der Waals surface area (Å²) < 4.78 is 5.91. The number of piperidine rings is 1. The van der Waals surface area contributed by atoms with Gasteiger partial charge < -0.3 is 30.9 Å². The molecule has 1 amide bonds. The Hall–Kier alpha value is -0.930. The van der Waals surface area contributed by atoms with Gasteiger partial charge in [0.15, 0.2) is 0 Å². The first-order chi connectivity index (χ1) is 16.9. The molecule has 5 fully saturated rings. The van der Waals surface area contributed by atoms with Crippen molar-refractivity contribution in [3.8, 4) is 0 Å². The van der Waals surface area contributed by atoms with Crippen molar-refractivity contribution in [1.29, 1.82) is 0 Å². The maximum absolute atomic E-state index is 13.2. The molecule has 1 aliphatic carbocycles. The van der Waals surface area contributed by atoms with Crippen LogP contribution in [-0.4, -0.2) is 103 Å². The molecule has 7 unspecified atom stereocenters. The second-order valence-electron chi connectivity index (χ2n) is 10.9. The molecule has 0 aromatic carbocycles. The molecular weight excluding hydrogens is 452 g/mol. The van der Waals surface area contributed by atoms with E-state index in [1.54, 1.807) is 0 Å². The normalized spacial score (nSPS) is 41.3. The number of likely N-dealkylation sites (N-methyl/N-ethyl adjacent to an activating group) is 1. The topological polar surface area (TPSA) is 154 Å². The third kappa shape index (κ3) is 5.82. The van der Waals surface area contributed by atoms with Gasteiger partial charge >= 0.3 is 0 Å².